The number of rotatable bonds is 5. The summed E-state index contributed by atoms with van der Waals surface area (Å²) >= 11 is 6.25. The second-order valence-electron chi connectivity index (χ2n) is 8.82. The molecule has 166 valence electrons. The van der Waals surface area contributed by atoms with Gasteiger partial charge in [0.1, 0.15) is 0 Å². The minimum atomic E-state index is -0.163. The highest BCUT2D eigenvalue weighted by molar-refractivity contribution is 6.31. The average Bonchev–Trinajstić information content (AvgIpc) is 2.77. The number of benzene rings is 3. The molecule has 5 nitrogen and oxygen atoms in total. The second kappa shape index (κ2) is 9.23. The number of anilines is 4. The molecule has 6 heteroatoms. The minimum Gasteiger partial charge on any atom is -0.368 e. The van der Waals surface area contributed by atoms with Crippen molar-refractivity contribution in [3.8, 4) is 0 Å². The van der Waals surface area contributed by atoms with Crippen LogP contribution in [-0.4, -0.2) is 31.1 Å². The SMILES string of the molecule is Cc1c(Cl)cccc1Nc1ccccc1C(=O)Nc1ccc(N2CCNC(C)(C)C2)cc1. The largest absolute Gasteiger partial charge is 0.368 e. The summed E-state index contributed by atoms with van der Waals surface area (Å²) in [6, 6.07) is 21.2. The summed E-state index contributed by atoms with van der Waals surface area (Å²) in [5.41, 5.74) is 5.13. The molecule has 1 saturated heterocycles. The number of nitrogens with one attached hydrogen (secondary N) is 3. The molecule has 1 amide bonds. The van der Waals surface area contributed by atoms with E-state index < -0.39 is 0 Å². The van der Waals surface area contributed by atoms with Crippen molar-refractivity contribution in [1.82, 2.24) is 5.32 Å². The van der Waals surface area contributed by atoms with Gasteiger partial charge in [-0.15, -0.1) is 0 Å². The van der Waals surface area contributed by atoms with Crippen LogP contribution in [0, 0.1) is 6.92 Å². The van der Waals surface area contributed by atoms with Crippen LogP contribution in [0.25, 0.3) is 0 Å². The van der Waals surface area contributed by atoms with E-state index in [-0.39, 0.29) is 11.4 Å². The highest BCUT2D eigenvalue weighted by atomic mass is 35.5. The van der Waals surface area contributed by atoms with Crippen LogP contribution in [0.4, 0.5) is 22.7 Å². The van der Waals surface area contributed by atoms with Crippen molar-refractivity contribution in [2.75, 3.05) is 35.2 Å². The van der Waals surface area contributed by atoms with Crippen LogP contribution in [0.2, 0.25) is 5.02 Å². The summed E-state index contributed by atoms with van der Waals surface area (Å²) < 4.78 is 0. The third-order valence-corrected chi connectivity index (χ3v) is 6.18. The summed E-state index contributed by atoms with van der Waals surface area (Å²) in [6.07, 6.45) is 0. The van der Waals surface area contributed by atoms with Gasteiger partial charge in [-0.1, -0.05) is 29.8 Å². The molecule has 1 aliphatic heterocycles. The third-order valence-electron chi connectivity index (χ3n) is 5.77. The Hall–Kier alpha value is -3.02. The number of hydrogen-bond donors (Lipinski definition) is 3. The molecular weight excluding hydrogens is 420 g/mol. The summed E-state index contributed by atoms with van der Waals surface area (Å²) in [5, 5.41) is 10.6. The first-order chi connectivity index (χ1) is 15.3. The molecule has 1 heterocycles. The number of halogens is 1. The van der Waals surface area contributed by atoms with E-state index in [2.05, 4.69) is 46.8 Å². The van der Waals surface area contributed by atoms with Gasteiger partial charge in [0.15, 0.2) is 0 Å². The maximum Gasteiger partial charge on any atom is 0.257 e. The lowest BCUT2D eigenvalue weighted by Gasteiger charge is -2.40. The fourth-order valence-electron chi connectivity index (χ4n) is 3.99. The Bertz CT molecular complexity index is 1110. The van der Waals surface area contributed by atoms with Crippen molar-refractivity contribution in [1.29, 1.82) is 0 Å². The first-order valence-corrected chi connectivity index (χ1v) is 11.2. The van der Waals surface area contributed by atoms with Gasteiger partial charge in [0, 0.05) is 47.3 Å². The molecule has 0 aliphatic carbocycles. The summed E-state index contributed by atoms with van der Waals surface area (Å²) in [6.45, 7) is 9.25. The fourth-order valence-corrected chi connectivity index (χ4v) is 4.17. The van der Waals surface area contributed by atoms with Crippen LogP contribution in [0.1, 0.15) is 29.8 Å². The van der Waals surface area contributed by atoms with Gasteiger partial charge < -0.3 is 20.9 Å². The number of carbonyl (C=O) groups is 1. The van der Waals surface area contributed by atoms with Gasteiger partial charge in [0.25, 0.3) is 5.91 Å². The maximum atomic E-state index is 13.1. The van der Waals surface area contributed by atoms with Crippen molar-refractivity contribution < 1.29 is 4.79 Å². The number of carbonyl (C=O) groups excluding carboxylic acids is 1. The molecule has 3 aromatic carbocycles. The molecule has 0 bridgehead atoms. The van der Waals surface area contributed by atoms with Gasteiger partial charge in [-0.05, 0) is 74.9 Å². The maximum absolute atomic E-state index is 13.1. The Balaban J connectivity index is 1.48. The lowest BCUT2D eigenvalue weighted by Crippen LogP contribution is -2.57. The quantitative estimate of drug-likeness (QED) is 0.459. The van der Waals surface area contributed by atoms with Crippen molar-refractivity contribution >= 4 is 40.3 Å². The number of piperazine rings is 1. The van der Waals surface area contributed by atoms with E-state index in [1.54, 1.807) is 0 Å². The molecule has 0 aromatic heterocycles. The smallest absolute Gasteiger partial charge is 0.257 e. The predicted octanol–water partition coefficient (Wildman–Crippen LogP) is 5.83. The molecule has 0 atom stereocenters. The second-order valence-corrected chi connectivity index (χ2v) is 9.22. The van der Waals surface area contributed by atoms with Crippen molar-refractivity contribution in [2.24, 2.45) is 0 Å². The van der Waals surface area contributed by atoms with E-state index in [9.17, 15) is 4.79 Å². The molecule has 1 fully saturated rings. The zero-order chi connectivity index (χ0) is 22.7. The van der Waals surface area contributed by atoms with Gasteiger partial charge in [0.2, 0.25) is 0 Å². The number of hydrogen-bond acceptors (Lipinski definition) is 4. The van der Waals surface area contributed by atoms with Crippen LogP contribution in [0.3, 0.4) is 0 Å². The van der Waals surface area contributed by atoms with Gasteiger partial charge in [0.05, 0.1) is 11.3 Å². The first kappa shape index (κ1) is 22.2. The lowest BCUT2D eigenvalue weighted by atomic mass is 10.0. The molecule has 0 radical (unpaired) electrons. The minimum absolute atomic E-state index is 0.0865. The van der Waals surface area contributed by atoms with E-state index in [1.807, 2.05) is 61.5 Å². The van der Waals surface area contributed by atoms with Crippen molar-refractivity contribution in [3.05, 3.63) is 82.9 Å². The highest BCUT2D eigenvalue weighted by Crippen LogP contribution is 2.28. The van der Waals surface area contributed by atoms with Crippen molar-refractivity contribution in [3.63, 3.8) is 0 Å². The topological polar surface area (TPSA) is 56.4 Å². The summed E-state index contributed by atoms with van der Waals surface area (Å²) in [7, 11) is 0. The first-order valence-electron chi connectivity index (χ1n) is 10.8. The Morgan fingerprint density at radius 3 is 2.47 bits per heavy atom. The van der Waals surface area contributed by atoms with Crippen LogP contribution in [0.15, 0.2) is 66.7 Å². The molecule has 1 aliphatic rings. The average molecular weight is 449 g/mol. The molecule has 0 saturated carbocycles. The molecule has 0 unspecified atom stereocenters. The van der Waals surface area contributed by atoms with Crippen LogP contribution in [0.5, 0.6) is 0 Å². The summed E-state index contributed by atoms with van der Waals surface area (Å²) in [4.78, 5) is 15.4. The predicted molar refractivity (Wildman–Crippen MR) is 135 cm³/mol. The lowest BCUT2D eigenvalue weighted by molar-refractivity contribution is 0.102. The zero-order valence-electron chi connectivity index (χ0n) is 18.7. The van der Waals surface area contributed by atoms with Gasteiger partial charge >= 0.3 is 0 Å². The molecule has 3 aromatic rings. The van der Waals surface area contributed by atoms with Gasteiger partial charge in [-0.3, -0.25) is 4.79 Å². The van der Waals surface area contributed by atoms with Gasteiger partial charge in [-0.25, -0.2) is 0 Å². The highest BCUT2D eigenvalue weighted by Gasteiger charge is 2.25. The van der Waals surface area contributed by atoms with Crippen LogP contribution in [-0.2, 0) is 0 Å². The van der Waals surface area contributed by atoms with E-state index in [0.717, 1.165) is 47.9 Å². The Labute approximate surface area is 194 Å². The van der Waals surface area contributed by atoms with E-state index >= 15 is 0 Å². The van der Waals surface area contributed by atoms with Crippen molar-refractivity contribution in [2.45, 2.75) is 26.3 Å². The Morgan fingerprint density at radius 2 is 1.72 bits per heavy atom. The van der Waals surface area contributed by atoms with Crippen LogP contribution >= 0.6 is 11.6 Å². The molecule has 32 heavy (non-hydrogen) atoms. The van der Waals surface area contributed by atoms with Crippen LogP contribution < -0.4 is 20.9 Å². The Kier molecular flexibility index (Phi) is 6.40. The normalized spacial score (nSPS) is 15.3. The molecule has 0 spiro atoms. The molecular formula is C26H29ClN4O. The zero-order valence-corrected chi connectivity index (χ0v) is 19.5. The molecule has 4 rings (SSSR count). The van der Waals surface area contributed by atoms with E-state index in [0.29, 0.717) is 10.6 Å². The van der Waals surface area contributed by atoms with E-state index in [4.69, 9.17) is 11.6 Å². The monoisotopic (exact) mass is 448 g/mol. The Morgan fingerprint density at radius 1 is 1.00 bits per heavy atom. The van der Waals surface area contributed by atoms with E-state index in [1.165, 1.54) is 0 Å². The third kappa shape index (κ3) is 5.06. The fraction of sp³-hybridized carbons (Fsp3) is 0.269. The number of amides is 1. The molecule has 3 N–H and O–H groups in total. The van der Waals surface area contributed by atoms with Gasteiger partial charge in [-0.2, -0.15) is 0 Å². The summed E-state index contributed by atoms with van der Waals surface area (Å²) in [5.74, 6) is -0.163. The number of nitrogens with zero attached hydrogens (tertiary/aromatic N) is 1. The standard InChI is InChI=1S/C26H29ClN4O/c1-18-22(27)8-6-10-23(18)30-24-9-5-4-7-21(24)25(32)29-19-11-13-20(14-12-19)31-16-15-28-26(2,3)17-31/h4-14,28,30H,15-17H2,1-3H3,(H,29,32). The number of para-hydroxylation sites is 1.